The van der Waals surface area contributed by atoms with E-state index in [1.807, 2.05) is 0 Å². The van der Waals surface area contributed by atoms with E-state index in [9.17, 15) is 10.1 Å². The van der Waals surface area contributed by atoms with E-state index in [1.54, 1.807) is 0 Å². The highest BCUT2D eigenvalue weighted by Crippen LogP contribution is 2.29. The van der Waals surface area contributed by atoms with Crippen LogP contribution in [0.1, 0.15) is 0 Å². The maximum absolute atomic E-state index is 10.7. The van der Waals surface area contributed by atoms with Crippen LogP contribution in [0, 0.1) is 10.1 Å². The van der Waals surface area contributed by atoms with Crippen LogP contribution in [0.5, 0.6) is 0 Å². The summed E-state index contributed by atoms with van der Waals surface area (Å²) in [5, 5.41) is 15.1. The Kier molecular flexibility index (Phi) is 3.32. The van der Waals surface area contributed by atoms with Crippen LogP contribution in [0.15, 0.2) is 23.1 Å². The molecule has 0 unspecified atom stereocenters. The third-order valence-electron chi connectivity index (χ3n) is 1.88. The van der Waals surface area contributed by atoms with Crippen LogP contribution in [-0.4, -0.2) is 19.7 Å². The molecule has 17 heavy (non-hydrogen) atoms. The van der Waals surface area contributed by atoms with Gasteiger partial charge < -0.3 is 0 Å². The van der Waals surface area contributed by atoms with Gasteiger partial charge in [-0.3, -0.25) is 10.1 Å². The predicted octanol–water partition coefficient (Wildman–Crippen LogP) is 3.24. The Bertz CT molecular complexity index is 601. The molecule has 0 aromatic carbocycles. The second kappa shape index (κ2) is 4.59. The number of nitro groups is 1. The Morgan fingerprint density at radius 3 is 2.65 bits per heavy atom. The molecule has 0 saturated heterocycles. The lowest BCUT2D eigenvalue weighted by molar-refractivity contribution is -0.385. The molecule has 0 aliphatic rings. The number of aromatic nitrogens is 3. The largest absolute Gasteiger partial charge is 0.321 e. The quantitative estimate of drug-likeness (QED) is 0.622. The first kappa shape index (κ1) is 12.3. The molecule has 0 radical (unpaired) electrons. The molecule has 0 bridgehead atoms. The lowest BCUT2D eigenvalue weighted by Gasteiger charge is -2.03. The first-order valence-corrected chi connectivity index (χ1v) is 5.75. The minimum Gasteiger partial charge on any atom is -0.258 e. The fraction of sp³-hybridized carbons (Fsp3) is 0. The number of hydrogen-bond donors (Lipinski definition) is 0. The average molecular weight is 338 g/mol. The van der Waals surface area contributed by atoms with Crippen LogP contribution in [0.25, 0.3) is 5.82 Å². The first-order chi connectivity index (χ1) is 8.00. The van der Waals surface area contributed by atoms with Gasteiger partial charge in [-0.1, -0.05) is 23.2 Å². The minimum absolute atomic E-state index is 0.166. The number of rotatable bonds is 2. The van der Waals surface area contributed by atoms with Gasteiger partial charge in [0.25, 0.3) is 0 Å². The summed E-state index contributed by atoms with van der Waals surface area (Å²) in [6.45, 7) is 0. The van der Waals surface area contributed by atoms with Gasteiger partial charge in [0.1, 0.15) is 6.20 Å². The molecule has 88 valence electrons. The molecule has 2 rings (SSSR count). The van der Waals surface area contributed by atoms with E-state index in [2.05, 4.69) is 26.0 Å². The van der Waals surface area contributed by atoms with Crippen molar-refractivity contribution in [2.45, 2.75) is 0 Å². The van der Waals surface area contributed by atoms with Crippen molar-refractivity contribution in [3.63, 3.8) is 0 Å². The standard InChI is InChI=1S/C8H3BrCl2N4O2/c9-7-6(15(16)17)3-13-14(7)8-5(11)1-4(10)2-12-8/h1-3H. The average Bonchev–Trinajstić information content (AvgIpc) is 2.60. The van der Waals surface area contributed by atoms with E-state index in [0.29, 0.717) is 5.02 Å². The van der Waals surface area contributed by atoms with E-state index in [0.717, 1.165) is 6.20 Å². The molecule has 0 amide bonds. The molecular formula is C8H3BrCl2N4O2. The van der Waals surface area contributed by atoms with Gasteiger partial charge in [0.15, 0.2) is 10.4 Å². The summed E-state index contributed by atoms with van der Waals surface area (Å²) in [7, 11) is 0. The van der Waals surface area contributed by atoms with Crippen molar-refractivity contribution in [1.29, 1.82) is 0 Å². The van der Waals surface area contributed by atoms with Gasteiger partial charge in [-0.25, -0.2) is 4.98 Å². The molecule has 0 spiro atoms. The third-order valence-corrected chi connectivity index (χ3v) is 3.11. The molecule has 0 aliphatic heterocycles. The van der Waals surface area contributed by atoms with Gasteiger partial charge >= 0.3 is 5.69 Å². The molecule has 0 N–H and O–H groups in total. The highest BCUT2D eigenvalue weighted by atomic mass is 79.9. The molecule has 9 heteroatoms. The van der Waals surface area contributed by atoms with Gasteiger partial charge in [0, 0.05) is 6.20 Å². The monoisotopic (exact) mass is 336 g/mol. The van der Waals surface area contributed by atoms with Crippen molar-refractivity contribution in [3.05, 3.63) is 43.2 Å². The summed E-state index contributed by atoms with van der Waals surface area (Å²) in [4.78, 5) is 14.1. The van der Waals surface area contributed by atoms with Crippen LogP contribution in [0.3, 0.4) is 0 Å². The predicted molar refractivity (Wildman–Crippen MR) is 65.7 cm³/mol. The van der Waals surface area contributed by atoms with Crippen molar-refractivity contribution in [3.8, 4) is 5.82 Å². The highest BCUT2D eigenvalue weighted by Gasteiger charge is 2.20. The van der Waals surface area contributed by atoms with Crippen LogP contribution < -0.4 is 0 Å². The maximum Gasteiger partial charge on any atom is 0.321 e. The number of halogens is 3. The third kappa shape index (κ3) is 2.26. The van der Waals surface area contributed by atoms with Crippen molar-refractivity contribution in [2.24, 2.45) is 0 Å². The number of nitrogens with zero attached hydrogens (tertiary/aromatic N) is 4. The number of pyridine rings is 1. The summed E-state index contributed by atoms with van der Waals surface area (Å²) >= 11 is 14.7. The van der Waals surface area contributed by atoms with Gasteiger partial charge in [0.2, 0.25) is 0 Å². The van der Waals surface area contributed by atoms with Crippen LogP contribution in [0.2, 0.25) is 10.0 Å². The molecular weight excluding hydrogens is 335 g/mol. The molecule has 2 aromatic rings. The van der Waals surface area contributed by atoms with Crippen LogP contribution in [-0.2, 0) is 0 Å². The lowest BCUT2D eigenvalue weighted by atomic mass is 10.4. The Morgan fingerprint density at radius 2 is 2.12 bits per heavy atom. The minimum atomic E-state index is -0.558. The van der Waals surface area contributed by atoms with Gasteiger partial charge in [0.05, 0.1) is 15.0 Å². The second-order valence-corrected chi connectivity index (χ2v) is 4.54. The Balaban J connectivity index is 2.57. The van der Waals surface area contributed by atoms with Crippen molar-refractivity contribution >= 4 is 44.8 Å². The molecule has 0 atom stereocenters. The zero-order valence-electron chi connectivity index (χ0n) is 7.97. The summed E-state index contributed by atoms with van der Waals surface area (Å²) < 4.78 is 1.38. The highest BCUT2D eigenvalue weighted by molar-refractivity contribution is 9.10. The molecule has 0 fully saturated rings. The summed E-state index contributed by atoms with van der Waals surface area (Å²) in [5.41, 5.74) is -0.169. The zero-order valence-corrected chi connectivity index (χ0v) is 11.1. The topological polar surface area (TPSA) is 73.8 Å². The summed E-state index contributed by atoms with van der Waals surface area (Å²) in [5.74, 6) is 0.260. The second-order valence-electron chi connectivity index (χ2n) is 2.95. The summed E-state index contributed by atoms with van der Waals surface area (Å²) in [6, 6.07) is 1.48. The van der Waals surface area contributed by atoms with Crippen molar-refractivity contribution < 1.29 is 4.92 Å². The van der Waals surface area contributed by atoms with Gasteiger partial charge in [-0.2, -0.15) is 9.78 Å². The molecule has 0 aliphatic carbocycles. The van der Waals surface area contributed by atoms with Crippen molar-refractivity contribution in [2.75, 3.05) is 0 Å². The fourth-order valence-electron chi connectivity index (χ4n) is 1.16. The van der Waals surface area contributed by atoms with E-state index in [4.69, 9.17) is 23.2 Å². The maximum atomic E-state index is 10.7. The molecule has 0 saturated carbocycles. The fourth-order valence-corrected chi connectivity index (χ4v) is 2.13. The number of hydrogen-bond acceptors (Lipinski definition) is 4. The Labute approximate surface area is 113 Å². The molecule has 2 aromatic heterocycles. The van der Waals surface area contributed by atoms with Crippen LogP contribution >= 0.6 is 39.1 Å². The zero-order chi connectivity index (χ0) is 12.6. The lowest BCUT2D eigenvalue weighted by Crippen LogP contribution is -2.01. The smallest absolute Gasteiger partial charge is 0.258 e. The van der Waals surface area contributed by atoms with Gasteiger partial charge in [-0.05, 0) is 22.0 Å². The Hall–Kier alpha value is -1.18. The van der Waals surface area contributed by atoms with E-state index >= 15 is 0 Å². The molecule has 6 nitrogen and oxygen atoms in total. The van der Waals surface area contributed by atoms with E-state index in [-0.39, 0.29) is 21.1 Å². The SMILES string of the molecule is O=[N+]([O-])c1cnn(-c2ncc(Cl)cc2Cl)c1Br. The van der Waals surface area contributed by atoms with Crippen molar-refractivity contribution in [1.82, 2.24) is 14.8 Å². The molecule has 2 heterocycles. The van der Waals surface area contributed by atoms with E-state index < -0.39 is 4.92 Å². The van der Waals surface area contributed by atoms with E-state index in [1.165, 1.54) is 16.9 Å². The Morgan fingerprint density at radius 1 is 1.41 bits per heavy atom. The summed E-state index contributed by atoms with van der Waals surface area (Å²) in [6.07, 6.45) is 2.49. The normalized spacial score (nSPS) is 10.5. The van der Waals surface area contributed by atoms with Gasteiger partial charge in [-0.15, -0.1) is 0 Å². The first-order valence-electron chi connectivity index (χ1n) is 4.20. The van der Waals surface area contributed by atoms with Crippen LogP contribution in [0.4, 0.5) is 5.69 Å².